The summed E-state index contributed by atoms with van der Waals surface area (Å²) in [6.45, 7) is 2.96. The third-order valence-electron chi connectivity index (χ3n) is 7.08. The number of esters is 1. The summed E-state index contributed by atoms with van der Waals surface area (Å²) < 4.78 is 10.4. The van der Waals surface area contributed by atoms with Crippen LogP contribution in [0.25, 0.3) is 10.9 Å². The monoisotopic (exact) mass is 382 g/mol. The van der Waals surface area contributed by atoms with Crippen LogP contribution in [-0.4, -0.2) is 47.8 Å². The van der Waals surface area contributed by atoms with Gasteiger partial charge in [0, 0.05) is 41.3 Å². The lowest BCUT2D eigenvalue weighted by molar-refractivity contribution is -0.137. The first-order chi connectivity index (χ1) is 13.5. The Labute approximate surface area is 164 Å². The summed E-state index contributed by atoms with van der Waals surface area (Å²) in [7, 11) is 3.11. The van der Waals surface area contributed by atoms with E-state index in [1.54, 1.807) is 7.11 Å². The topological polar surface area (TPSA) is 74.8 Å². The van der Waals surface area contributed by atoms with Crippen molar-refractivity contribution in [3.63, 3.8) is 0 Å². The first-order valence-corrected chi connectivity index (χ1v) is 9.95. The molecule has 2 N–H and O–H groups in total. The molecule has 0 bridgehead atoms. The number of hydrogen-bond donors (Lipinski definition) is 2. The average Bonchev–Trinajstić information content (AvgIpc) is 3.23. The Morgan fingerprint density at radius 1 is 1.32 bits per heavy atom. The van der Waals surface area contributed by atoms with Gasteiger partial charge in [-0.2, -0.15) is 0 Å². The first-order valence-electron chi connectivity index (χ1n) is 9.95. The zero-order valence-corrected chi connectivity index (χ0v) is 16.4. The number of fused-ring (bicyclic) bond motifs is 7. The Morgan fingerprint density at radius 2 is 2.14 bits per heavy atom. The summed E-state index contributed by atoms with van der Waals surface area (Å²) in [6, 6.07) is 6.31. The van der Waals surface area contributed by atoms with Gasteiger partial charge in [0.1, 0.15) is 5.75 Å². The average molecular weight is 382 g/mol. The molecule has 0 unspecified atom stereocenters. The summed E-state index contributed by atoms with van der Waals surface area (Å²) in [4.78, 5) is 18.4. The molecule has 1 aromatic carbocycles. The molecule has 3 aliphatic rings. The molecule has 2 aromatic rings. The number of nitrogens with one attached hydrogen (secondary N) is 1. The number of nitrogens with zero attached hydrogens (tertiary/aromatic N) is 1. The van der Waals surface area contributed by atoms with E-state index < -0.39 is 6.10 Å². The number of carbonyl (C=O) groups is 1. The van der Waals surface area contributed by atoms with E-state index >= 15 is 0 Å². The molecule has 148 valence electrons. The molecular formula is C22H26N2O4. The SMILES string of the molecule is COC(=O)C1=CN2CCc3c([nH]c4cc(OC)ccc34)[C@@H]2[C@@H]2[C@@H](C)[C@@H](O)C[C@H]12. The molecule has 1 aliphatic carbocycles. The van der Waals surface area contributed by atoms with Crippen LogP contribution in [0.1, 0.15) is 30.6 Å². The van der Waals surface area contributed by atoms with Crippen molar-refractivity contribution in [1.29, 1.82) is 0 Å². The van der Waals surface area contributed by atoms with E-state index in [4.69, 9.17) is 9.47 Å². The minimum Gasteiger partial charge on any atom is -0.497 e. The van der Waals surface area contributed by atoms with Gasteiger partial charge in [0.05, 0.1) is 31.9 Å². The number of H-pyrrole nitrogens is 1. The van der Waals surface area contributed by atoms with Crippen molar-refractivity contribution in [1.82, 2.24) is 9.88 Å². The molecule has 3 heterocycles. The van der Waals surface area contributed by atoms with Crippen LogP contribution in [0.2, 0.25) is 0 Å². The van der Waals surface area contributed by atoms with Gasteiger partial charge >= 0.3 is 5.97 Å². The van der Waals surface area contributed by atoms with Gasteiger partial charge in [-0.3, -0.25) is 0 Å². The molecule has 5 rings (SSSR count). The number of methoxy groups -OCH3 is 2. The lowest BCUT2D eigenvalue weighted by atomic mass is 9.74. The predicted molar refractivity (Wildman–Crippen MR) is 105 cm³/mol. The zero-order valence-electron chi connectivity index (χ0n) is 16.4. The number of carbonyl (C=O) groups excluding carboxylic acids is 1. The van der Waals surface area contributed by atoms with Crippen LogP contribution in [0.3, 0.4) is 0 Å². The maximum Gasteiger partial charge on any atom is 0.335 e. The van der Waals surface area contributed by atoms with Gasteiger partial charge < -0.3 is 24.5 Å². The van der Waals surface area contributed by atoms with E-state index in [0.29, 0.717) is 12.0 Å². The fraction of sp³-hybridized carbons (Fsp3) is 0.500. The van der Waals surface area contributed by atoms with Crippen molar-refractivity contribution in [2.45, 2.75) is 31.9 Å². The van der Waals surface area contributed by atoms with Crippen molar-refractivity contribution < 1.29 is 19.4 Å². The minimum absolute atomic E-state index is 0.0191. The molecule has 1 saturated carbocycles. The number of aliphatic hydroxyl groups is 1. The number of aromatic amines is 1. The summed E-state index contributed by atoms with van der Waals surface area (Å²) in [5.41, 5.74) is 4.34. The van der Waals surface area contributed by atoms with Crippen LogP contribution in [-0.2, 0) is 16.0 Å². The van der Waals surface area contributed by atoms with Crippen molar-refractivity contribution in [2.75, 3.05) is 20.8 Å². The van der Waals surface area contributed by atoms with Gasteiger partial charge in [0.2, 0.25) is 0 Å². The summed E-state index contributed by atoms with van der Waals surface area (Å²) in [5.74, 6) is 0.857. The van der Waals surface area contributed by atoms with E-state index in [9.17, 15) is 9.90 Å². The quantitative estimate of drug-likeness (QED) is 0.782. The van der Waals surface area contributed by atoms with Crippen LogP contribution in [0.4, 0.5) is 0 Å². The van der Waals surface area contributed by atoms with Crippen molar-refractivity contribution >= 4 is 16.9 Å². The van der Waals surface area contributed by atoms with Gasteiger partial charge in [-0.25, -0.2) is 4.79 Å². The highest BCUT2D eigenvalue weighted by Gasteiger charge is 2.53. The number of ether oxygens (including phenoxy) is 2. The fourth-order valence-electron chi connectivity index (χ4n) is 5.70. The molecule has 1 aromatic heterocycles. The molecule has 28 heavy (non-hydrogen) atoms. The van der Waals surface area contributed by atoms with Gasteiger partial charge in [-0.05, 0) is 42.4 Å². The normalized spacial score (nSPS) is 31.1. The van der Waals surface area contributed by atoms with Crippen LogP contribution in [0, 0.1) is 17.8 Å². The van der Waals surface area contributed by atoms with Gasteiger partial charge in [0.15, 0.2) is 0 Å². The largest absolute Gasteiger partial charge is 0.497 e. The fourth-order valence-corrected chi connectivity index (χ4v) is 5.70. The van der Waals surface area contributed by atoms with E-state index in [1.807, 2.05) is 18.3 Å². The smallest absolute Gasteiger partial charge is 0.335 e. The van der Waals surface area contributed by atoms with Crippen LogP contribution >= 0.6 is 0 Å². The molecule has 6 heteroatoms. The lowest BCUT2D eigenvalue weighted by Gasteiger charge is -2.46. The highest BCUT2D eigenvalue weighted by molar-refractivity contribution is 5.90. The molecule has 0 amide bonds. The summed E-state index contributed by atoms with van der Waals surface area (Å²) in [6.07, 6.45) is 3.10. The second kappa shape index (κ2) is 6.27. The van der Waals surface area contributed by atoms with Crippen LogP contribution in [0.15, 0.2) is 30.0 Å². The second-order valence-electron chi connectivity index (χ2n) is 8.28. The molecule has 6 nitrogen and oxygen atoms in total. The minimum atomic E-state index is -0.405. The van der Waals surface area contributed by atoms with Crippen LogP contribution < -0.4 is 4.74 Å². The zero-order chi connectivity index (χ0) is 19.6. The number of aromatic nitrogens is 1. The lowest BCUT2D eigenvalue weighted by Crippen LogP contribution is -2.44. The predicted octanol–water partition coefficient (Wildman–Crippen LogP) is 2.78. The molecule has 2 aliphatic heterocycles. The Bertz CT molecular complexity index is 978. The maximum atomic E-state index is 12.4. The second-order valence-corrected chi connectivity index (χ2v) is 8.28. The third kappa shape index (κ3) is 2.33. The molecule has 0 spiro atoms. The Morgan fingerprint density at radius 3 is 2.89 bits per heavy atom. The number of rotatable bonds is 2. The molecule has 5 atom stereocenters. The van der Waals surface area contributed by atoms with E-state index in [2.05, 4.69) is 22.9 Å². The van der Waals surface area contributed by atoms with E-state index in [0.717, 1.165) is 24.2 Å². The highest BCUT2D eigenvalue weighted by Crippen LogP contribution is 2.54. The molecule has 1 fully saturated rings. The van der Waals surface area contributed by atoms with Gasteiger partial charge in [-0.15, -0.1) is 0 Å². The molecule has 0 saturated heterocycles. The summed E-state index contributed by atoms with van der Waals surface area (Å²) >= 11 is 0. The van der Waals surface area contributed by atoms with Crippen molar-refractivity contribution in [3.8, 4) is 5.75 Å². The van der Waals surface area contributed by atoms with E-state index in [-0.39, 0.29) is 29.8 Å². The Kier molecular flexibility index (Phi) is 3.95. The third-order valence-corrected chi connectivity index (χ3v) is 7.08. The van der Waals surface area contributed by atoms with Crippen molar-refractivity contribution in [3.05, 3.63) is 41.2 Å². The molecular weight excluding hydrogens is 356 g/mol. The van der Waals surface area contributed by atoms with Crippen LogP contribution in [0.5, 0.6) is 5.75 Å². The van der Waals surface area contributed by atoms with Crippen molar-refractivity contribution in [2.24, 2.45) is 17.8 Å². The molecule has 0 radical (unpaired) electrons. The standard InChI is InChI=1S/C22H26N2O4/c1-11-18(25)9-15-16(22(26)28-3)10-24-7-6-14-13-5-4-12(27-2)8-17(13)23-20(14)21(24)19(11)15/h4-5,8,10-11,15,18-19,21,23,25H,6-7,9H2,1-3H3/t11-,15+,18-,19+,21-/m0/s1. The van der Waals surface area contributed by atoms with Gasteiger partial charge in [0.25, 0.3) is 0 Å². The number of aliphatic hydroxyl groups excluding tert-OH is 1. The maximum absolute atomic E-state index is 12.4. The van der Waals surface area contributed by atoms with Gasteiger partial charge in [-0.1, -0.05) is 6.92 Å². The Hall–Kier alpha value is -2.47. The van der Waals surface area contributed by atoms with E-state index in [1.165, 1.54) is 23.8 Å². The highest BCUT2D eigenvalue weighted by atomic mass is 16.5. The summed E-state index contributed by atoms with van der Waals surface area (Å²) in [5, 5.41) is 11.9. The number of benzene rings is 1. The first kappa shape index (κ1) is 17.6. The Balaban J connectivity index is 1.66. The number of hydrogen-bond acceptors (Lipinski definition) is 5.